The minimum atomic E-state index is -1.45. The number of hydrogen-bond acceptors (Lipinski definition) is 3. The van der Waals surface area contributed by atoms with E-state index in [-0.39, 0.29) is 35.1 Å². The summed E-state index contributed by atoms with van der Waals surface area (Å²) in [5.74, 6) is -3.84. The van der Waals surface area contributed by atoms with Crippen molar-refractivity contribution in [2.24, 2.45) is 0 Å². The molecule has 1 N–H and O–H groups in total. The number of benzene rings is 1. The summed E-state index contributed by atoms with van der Waals surface area (Å²) in [7, 11) is 0. The molecule has 2 aromatic rings. The van der Waals surface area contributed by atoms with Crippen molar-refractivity contribution in [2.75, 3.05) is 24.5 Å². The van der Waals surface area contributed by atoms with E-state index in [1.165, 1.54) is 12.3 Å². The molecule has 2 heterocycles. The van der Waals surface area contributed by atoms with Crippen LogP contribution in [0.25, 0.3) is 11.0 Å². The Kier molecular flexibility index (Phi) is 4.15. The maximum atomic E-state index is 14.1. The average Bonchev–Trinajstić information content (AvgIpc) is 2.87. The second-order valence-corrected chi connectivity index (χ2v) is 4.70. The van der Waals surface area contributed by atoms with Crippen molar-refractivity contribution in [1.29, 1.82) is 0 Å². The number of nitrogens with one attached hydrogen (secondary N) is 1. The van der Waals surface area contributed by atoms with Gasteiger partial charge in [0.2, 0.25) is 0 Å². The minimum Gasteiger partial charge on any atom is -0.462 e. The smallest absolute Gasteiger partial charge is 0.197 e. The monoisotopic (exact) mass is 306 g/mol. The summed E-state index contributed by atoms with van der Waals surface area (Å²) in [4.78, 5) is 1.71. The number of halogens is 4. The van der Waals surface area contributed by atoms with E-state index in [0.29, 0.717) is 19.6 Å². The molecule has 0 radical (unpaired) electrons. The van der Waals surface area contributed by atoms with Gasteiger partial charge in [0.05, 0.1) is 11.6 Å². The highest BCUT2D eigenvalue weighted by molar-refractivity contribution is 5.90. The van der Waals surface area contributed by atoms with Gasteiger partial charge in [-0.05, 0) is 13.0 Å². The van der Waals surface area contributed by atoms with E-state index in [9.17, 15) is 13.2 Å². The van der Waals surface area contributed by atoms with E-state index in [1.54, 1.807) is 4.90 Å². The predicted molar refractivity (Wildman–Crippen MR) is 73.0 cm³/mol. The number of piperazine rings is 1. The normalized spacial score (nSPS) is 19.2. The molecular weight excluding hydrogens is 293 g/mol. The predicted octanol–water partition coefficient (Wildman–Crippen LogP) is 3.07. The van der Waals surface area contributed by atoms with Gasteiger partial charge in [0, 0.05) is 25.7 Å². The van der Waals surface area contributed by atoms with Crippen LogP contribution in [0, 0.1) is 17.5 Å². The van der Waals surface area contributed by atoms with Gasteiger partial charge in [0.1, 0.15) is 5.69 Å². The maximum Gasteiger partial charge on any atom is 0.197 e. The van der Waals surface area contributed by atoms with Gasteiger partial charge < -0.3 is 14.6 Å². The fraction of sp³-hybridized carbons (Fsp3) is 0.385. The first kappa shape index (κ1) is 15.0. The van der Waals surface area contributed by atoms with E-state index in [4.69, 9.17) is 4.42 Å². The van der Waals surface area contributed by atoms with Crippen LogP contribution in [-0.4, -0.2) is 25.7 Å². The Morgan fingerprint density at radius 1 is 1.25 bits per heavy atom. The van der Waals surface area contributed by atoms with Crippen molar-refractivity contribution in [3.05, 3.63) is 29.8 Å². The van der Waals surface area contributed by atoms with Gasteiger partial charge >= 0.3 is 0 Å². The van der Waals surface area contributed by atoms with Crippen LogP contribution in [0.4, 0.5) is 18.9 Å². The van der Waals surface area contributed by atoms with Gasteiger partial charge in [-0.1, -0.05) is 0 Å². The molecule has 3 rings (SSSR count). The van der Waals surface area contributed by atoms with Crippen LogP contribution in [0.3, 0.4) is 0 Å². The molecule has 1 aromatic heterocycles. The highest BCUT2D eigenvalue weighted by Gasteiger charge is 2.29. The van der Waals surface area contributed by atoms with Crippen molar-refractivity contribution in [3.63, 3.8) is 0 Å². The molecule has 1 aromatic carbocycles. The Morgan fingerprint density at radius 3 is 2.70 bits per heavy atom. The number of furan rings is 1. The Balaban J connectivity index is 0.00000147. The third-order valence-electron chi connectivity index (χ3n) is 3.50. The highest BCUT2D eigenvalue weighted by atomic mass is 35.5. The summed E-state index contributed by atoms with van der Waals surface area (Å²) in [6.07, 6.45) is 1.24. The molecule has 0 spiro atoms. The molecule has 0 unspecified atom stereocenters. The molecule has 7 heteroatoms. The largest absolute Gasteiger partial charge is 0.462 e. The minimum absolute atomic E-state index is 0. The summed E-state index contributed by atoms with van der Waals surface area (Å²) in [6.45, 7) is 3.71. The van der Waals surface area contributed by atoms with Crippen molar-refractivity contribution in [2.45, 2.75) is 13.0 Å². The lowest BCUT2D eigenvalue weighted by molar-refractivity contribution is 0.439. The lowest BCUT2D eigenvalue weighted by Crippen LogP contribution is -2.50. The van der Waals surface area contributed by atoms with Crippen molar-refractivity contribution >= 4 is 29.1 Å². The van der Waals surface area contributed by atoms with Gasteiger partial charge in [0.15, 0.2) is 23.0 Å². The molecule has 20 heavy (non-hydrogen) atoms. The fourth-order valence-corrected chi connectivity index (χ4v) is 2.51. The fourth-order valence-electron chi connectivity index (χ4n) is 2.51. The zero-order valence-corrected chi connectivity index (χ0v) is 11.6. The molecule has 0 aliphatic carbocycles. The Hall–Kier alpha value is -1.40. The molecule has 0 bridgehead atoms. The third-order valence-corrected chi connectivity index (χ3v) is 3.50. The number of rotatable bonds is 1. The summed E-state index contributed by atoms with van der Waals surface area (Å²) in [6, 6.07) is 1.28. The molecule has 0 saturated carbocycles. The Morgan fingerprint density at radius 2 is 2.00 bits per heavy atom. The summed E-state index contributed by atoms with van der Waals surface area (Å²) < 4.78 is 46.5. The van der Waals surface area contributed by atoms with Gasteiger partial charge in [-0.15, -0.1) is 12.4 Å². The van der Waals surface area contributed by atoms with E-state index in [0.717, 1.165) is 0 Å². The summed E-state index contributed by atoms with van der Waals surface area (Å²) in [5, 5.41) is 3.13. The molecule has 1 atom stereocenters. The maximum absolute atomic E-state index is 14.1. The molecule has 1 aliphatic heterocycles. The van der Waals surface area contributed by atoms with Crippen molar-refractivity contribution < 1.29 is 17.6 Å². The molecule has 3 nitrogen and oxygen atoms in total. The topological polar surface area (TPSA) is 28.4 Å². The summed E-state index contributed by atoms with van der Waals surface area (Å²) >= 11 is 0. The van der Waals surface area contributed by atoms with Crippen LogP contribution in [0.1, 0.15) is 6.92 Å². The molecule has 1 fully saturated rings. The lowest BCUT2D eigenvalue weighted by atomic mass is 10.1. The van der Waals surface area contributed by atoms with E-state index in [2.05, 4.69) is 5.32 Å². The number of hydrogen-bond donors (Lipinski definition) is 1. The Labute approximate surface area is 120 Å². The van der Waals surface area contributed by atoms with Gasteiger partial charge in [0.25, 0.3) is 0 Å². The molecular formula is C13H14ClF3N2O. The van der Waals surface area contributed by atoms with Crippen LogP contribution in [0.2, 0.25) is 0 Å². The van der Waals surface area contributed by atoms with Crippen molar-refractivity contribution in [3.8, 4) is 0 Å². The standard InChI is InChI=1S/C13H13F3N2O.ClH/c1-7-6-17-3-4-18(7)12-11(16)10(15)9(14)8-2-5-19-13(8)12;/h2,5,7,17H,3-4,6H2,1H3;1H/t7-;/m0./s1. The Bertz CT molecular complexity index is 632. The molecule has 0 amide bonds. The quantitative estimate of drug-likeness (QED) is 0.821. The first-order valence-corrected chi connectivity index (χ1v) is 6.12. The highest BCUT2D eigenvalue weighted by Crippen LogP contribution is 2.36. The van der Waals surface area contributed by atoms with Crippen LogP contribution in [0.5, 0.6) is 0 Å². The summed E-state index contributed by atoms with van der Waals surface area (Å²) in [5.41, 5.74) is 0.0676. The second kappa shape index (κ2) is 5.54. The average molecular weight is 307 g/mol. The van der Waals surface area contributed by atoms with Crippen LogP contribution >= 0.6 is 12.4 Å². The van der Waals surface area contributed by atoms with Crippen LogP contribution in [0.15, 0.2) is 16.7 Å². The molecule has 110 valence electrons. The van der Waals surface area contributed by atoms with Crippen LogP contribution < -0.4 is 10.2 Å². The van der Waals surface area contributed by atoms with E-state index in [1.807, 2.05) is 6.92 Å². The van der Waals surface area contributed by atoms with Crippen molar-refractivity contribution in [1.82, 2.24) is 5.32 Å². The zero-order valence-electron chi connectivity index (χ0n) is 10.8. The van der Waals surface area contributed by atoms with Gasteiger partial charge in [-0.2, -0.15) is 0 Å². The lowest BCUT2D eigenvalue weighted by Gasteiger charge is -2.36. The number of nitrogens with zero attached hydrogens (tertiary/aromatic N) is 1. The second-order valence-electron chi connectivity index (χ2n) is 4.70. The van der Waals surface area contributed by atoms with E-state index >= 15 is 0 Å². The van der Waals surface area contributed by atoms with Gasteiger partial charge in [-0.3, -0.25) is 0 Å². The number of anilines is 1. The zero-order chi connectivity index (χ0) is 13.6. The van der Waals surface area contributed by atoms with Gasteiger partial charge in [-0.25, -0.2) is 13.2 Å². The first-order valence-electron chi connectivity index (χ1n) is 6.12. The SMILES string of the molecule is C[C@H]1CNCCN1c1c(F)c(F)c(F)c2ccoc12.Cl. The van der Waals surface area contributed by atoms with E-state index < -0.39 is 17.5 Å². The van der Waals surface area contributed by atoms with Crippen LogP contribution in [-0.2, 0) is 0 Å². The third kappa shape index (κ3) is 2.13. The number of fused-ring (bicyclic) bond motifs is 1. The molecule has 1 saturated heterocycles. The first-order chi connectivity index (χ1) is 9.11. The molecule has 1 aliphatic rings.